The number of hydrogen-bond donors (Lipinski definition) is 1. The molecule has 0 aliphatic heterocycles. The first kappa shape index (κ1) is 11.3. The molecule has 19 heavy (non-hydrogen) atoms. The van der Waals surface area contributed by atoms with Crippen LogP contribution in [0.2, 0.25) is 0 Å². The van der Waals surface area contributed by atoms with Crippen molar-refractivity contribution >= 4 is 22.6 Å². The second-order valence-corrected chi connectivity index (χ2v) is 4.10. The van der Waals surface area contributed by atoms with Crippen LogP contribution in [0, 0.1) is 0 Å². The maximum atomic E-state index is 11.9. The molecule has 0 radical (unpaired) electrons. The Hall–Kier alpha value is -2.76. The first-order valence-electron chi connectivity index (χ1n) is 5.72. The Balaban J connectivity index is 1.87. The van der Waals surface area contributed by atoms with Gasteiger partial charge < -0.3 is 9.88 Å². The minimum atomic E-state index is -0.289. The molecule has 2 heterocycles. The number of amides is 1. The molecule has 1 N–H and O–H groups in total. The summed E-state index contributed by atoms with van der Waals surface area (Å²) in [5.74, 6) is -0.289. The van der Waals surface area contributed by atoms with Gasteiger partial charge in [0.25, 0.3) is 5.91 Å². The molecule has 94 valence electrons. The van der Waals surface area contributed by atoms with Gasteiger partial charge in [0.1, 0.15) is 5.69 Å². The SMILES string of the molecule is Cn1cnc2cc(NC(=O)c3cnccn3)ccc21. The molecule has 0 bridgehead atoms. The topological polar surface area (TPSA) is 72.7 Å². The van der Waals surface area contributed by atoms with Crippen LogP contribution in [0.3, 0.4) is 0 Å². The molecule has 6 heteroatoms. The van der Waals surface area contributed by atoms with E-state index < -0.39 is 0 Å². The number of carbonyl (C=O) groups is 1. The summed E-state index contributed by atoms with van der Waals surface area (Å²) in [6.45, 7) is 0. The average Bonchev–Trinajstić information content (AvgIpc) is 2.81. The first-order chi connectivity index (χ1) is 9.24. The molecule has 1 amide bonds. The summed E-state index contributed by atoms with van der Waals surface area (Å²) in [6.07, 6.45) is 6.17. The number of fused-ring (bicyclic) bond motifs is 1. The van der Waals surface area contributed by atoms with E-state index in [1.54, 1.807) is 6.33 Å². The molecule has 0 fully saturated rings. The summed E-state index contributed by atoms with van der Waals surface area (Å²) in [6, 6.07) is 5.57. The van der Waals surface area contributed by atoms with Gasteiger partial charge >= 0.3 is 0 Å². The number of nitrogens with one attached hydrogen (secondary N) is 1. The van der Waals surface area contributed by atoms with Crippen LogP contribution < -0.4 is 5.32 Å². The van der Waals surface area contributed by atoms with Crippen molar-refractivity contribution < 1.29 is 4.79 Å². The molecule has 0 saturated carbocycles. The van der Waals surface area contributed by atoms with Gasteiger partial charge in [-0.15, -0.1) is 0 Å². The highest BCUT2D eigenvalue weighted by atomic mass is 16.1. The van der Waals surface area contributed by atoms with Crippen LogP contribution in [-0.4, -0.2) is 25.4 Å². The van der Waals surface area contributed by atoms with Crippen LogP contribution in [0.15, 0.2) is 43.1 Å². The monoisotopic (exact) mass is 253 g/mol. The van der Waals surface area contributed by atoms with Crippen molar-refractivity contribution in [3.8, 4) is 0 Å². The maximum Gasteiger partial charge on any atom is 0.275 e. The summed E-state index contributed by atoms with van der Waals surface area (Å²) in [5.41, 5.74) is 2.81. The molecule has 1 aromatic carbocycles. The lowest BCUT2D eigenvalue weighted by Crippen LogP contribution is -2.13. The maximum absolute atomic E-state index is 11.9. The molecule has 3 aromatic rings. The normalized spacial score (nSPS) is 10.6. The number of aromatic nitrogens is 4. The number of rotatable bonds is 2. The predicted octanol–water partition coefficient (Wildman–Crippen LogP) is 1.62. The van der Waals surface area contributed by atoms with Crippen LogP contribution in [0.1, 0.15) is 10.5 Å². The number of carbonyl (C=O) groups excluding carboxylic acids is 1. The number of imidazole rings is 1. The van der Waals surface area contributed by atoms with E-state index in [-0.39, 0.29) is 11.6 Å². The molecular weight excluding hydrogens is 242 g/mol. The van der Waals surface area contributed by atoms with Crippen molar-refractivity contribution in [3.63, 3.8) is 0 Å². The largest absolute Gasteiger partial charge is 0.334 e. The van der Waals surface area contributed by atoms with E-state index in [0.717, 1.165) is 11.0 Å². The number of anilines is 1. The molecule has 0 atom stereocenters. The van der Waals surface area contributed by atoms with Gasteiger partial charge in [0.05, 0.1) is 23.6 Å². The summed E-state index contributed by atoms with van der Waals surface area (Å²) in [5, 5.41) is 2.77. The van der Waals surface area contributed by atoms with Crippen LogP contribution in [0.25, 0.3) is 11.0 Å². The van der Waals surface area contributed by atoms with E-state index in [1.165, 1.54) is 18.6 Å². The Kier molecular flexibility index (Phi) is 2.68. The lowest BCUT2D eigenvalue weighted by atomic mass is 10.2. The highest BCUT2D eigenvalue weighted by Gasteiger charge is 2.08. The van der Waals surface area contributed by atoms with E-state index in [1.807, 2.05) is 29.8 Å². The van der Waals surface area contributed by atoms with Crippen LogP contribution >= 0.6 is 0 Å². The van der Waals surface area contributed by atoms with Crippen molar-refractivity contribution in [2.24, 2.45) is 7.05 Å². The lowest BCUT2D eigenvalue weighted by Gasteiger charge is -2.04. The van der Waals surface area contributed by atoms with Crippen LogP contribution in [0.4, 0.5) is 5.69 Å². The minimum absolute atomic E-state index is 0.281. The van der Waals surface area contributed by atoms with Crippen molar-refractivity contribution in [3.05, 3.63) is 48.8 Å². The molecular formula is C13H11N5O. The number of nitrogens with zero attached hydrogens (tertiary/aromatic N) is 4. The van der Waals surface area contributed by atoms with Gasteiger partial charge in [-0.25, -0.2) is 9.97 Å². The first-order valence-corrected chi connectivity index (χ1v) is 5.72. The number of aryl methyl sites for hydroxylation is 1. The van der Waals surface area contributed by atoms with Crippen molar-refractivity contribution in [2.75, 3.05) is 5.32 Å². The second kappa shape index (κ2) is 4.49. The zero-order chi connectivity index (χ0) is 13.2. The van der Waals surface area contributed by atoms with Crippen molar-refractivity contribution in [1.82, 2.24) is 19.5 Å². The second-order valence-electron chi connectivity index (χ2n) is 4.10. The third-order valence-corrected chi connectivity index (χ3v) is 2.78. The third-order valence-electron chi connectivity index (χ3n) is 2.78. The molecule has 6 nitrogen and oxygen atoms in total. The van der Waals surface area contributed by atoms with Gasteiger partial charge in [0, 0.05) is 25.1 Å². The van der Waals surface area contributed by atoms with E-state index in [4.69, 9.17) is 0 Å². The highest BCUT2D eigenvalue weighted by molar-refractivity contribution is 6.03. The number of hydrogen-bond acceptors (Lipinski definition) is 4. The van der Waals surface area contributed by atoms with E-state index in [9.17, 15) is 4.79 Å². The van der Waals surface area contributed by atoms with E-state index >= 15 is 0 Å². The summed E-state index contributed by atoms with van der Waals surface area (Å²) >= 11 is 0. The van der Waals surface area contributed by atoms with Crippen LogP contribution in [0.5, 0.6) is 0 Å². The zero-order valence-corrected chi connectivity index (χ0v) is 10.2. The summed E-state index contributed by atoms with van der Waals surface area (Å²) < 4.78 is 1.92. The van der Waals surface area contributed by atoms with Crippen molar-refractivity contribution in [1.29, 1.82) is 0 Å². The van der Waals surface area contributed by atoms with E-state index in [0.29, 0.717) is 5.69 Å². The molecule has 0 saturated heterocycles. The minimum Gasteiger partial charge on any atom is -0.334 e. The molecule has 0 aliphatic rings. The molecule has 0 spiro atoms. The van der Waals surface area contributed by atoms with Crippen LogP contribution in [-0.2, 0) is 7.05 Å². The zero-order valence-electron chi connectivity index (χ0n) is 10.2. The average molecular weight is 253 g/mol. The van der Waals surface area contributed by atoms with E-state index in [2.05, 4.69) is 20.3 Å². The fourth-order valence-corrected chi connectivity index (χ4v) is 1.83. The van der Waals surface area contributed by atoms with Gasteiger partial charge in [-0.05, 0) is 18.2 Å². The molecule has 0 aliphatic carbocycles. The van der Waals surface area contributed by atoms with Gasteiger partial charge in [0.2, 0.25) is 0 Å². The Bertz CT molecular complexity index is 735. The van der Waals surface area contributed by atoms with Gasteiger partial charge in [-0.3, -0.25) is 9.78 Å². The Labute approximate surface area is 109 Å². The Morgan fingerprint density at radius 2 is 2.16 bits per heavy atom. The van der Waals surface area contributed by atoms with Crippen molar-refractivity contribution in [2.45, 2.75) is 0 Å². The molecule has 2 aromatic heterocycles. The quantitative estimate of drug-likeness (QED) is 0.753. The molecule has 0 unspecified atom stereocenters. The molecule has 3 rings (SSSR count). The van der Waals surface area contributed by atoms with Gasteiger partial charge in [-0.1, -0.05) is 0 Å². The third kappa shape index (κ3) is 2.15. The summed E-state index contributed by atoms with van der Waals surface area (Å²) in [4.78, 5) is 24.0. The number of benzene rings is 1. The smallest absolute Gasteiger partial charge is 0.275 e. The Morgan fingerprint density at radius 3 is 2.95 bits per heavy atom. The Morgan fingerprint density at radius 1 is 1.26 bits per heavy atom. The highest BCUT2D eigenvalue weighted by Crippen LogP contribution is 2.17. The standard InChI is InChI=1S/C13H11N5O/c1-18-8-16-10-6-9(2-3-12(10)18)17-13(19)11-7-14-4-5-15-11/h2-8H,1H3,(H,17,19). The van der Waals surface area contributed by atoms with Gasteiger partial charge in [-0.2, -0.15) is 0 Å². The fourth-order valence-electron chi connectivity index (χ4n) is 1.83. The van der Waals surface area contributed by atoms with Gasteiger partial charge in [0.15, 0.2) is 0 Å². The predicted molar refractivity (Wildman–Crippen MR) is 70.7 cm³/mol. The fraction of sp³-hybridized carbons (Fsp3) is 0.0769. The lowest BCUT2D eigenvalue weighted by molar-refractivity contribution is 0.102. The summed E-state index contributed by atoms with van der Waals surface area (Å²) in [7, 11) is 1.92.